The summed E-state index contributed by atoms with van der Waals surface area (Å²) in [7, 11) is 1.78. The van der Waals surface area contributed by atoms with E-state index in [0.29, 0.717) is 17.0 Å². The Hall–Kier alpha value is -0.970. The molecule has 2 aromatic carbocycles. The lowest BCUT2D eigenvalue weighted by atomic mass is 9.98. The van der Waals surface area contributed by atoms with Crippen molar-refractivity contribution in [1.29, 1.82) is 0 Å². The first kappa shape index (κ1) is 15.4. The minimum atomic E-state index is -0.437. The van der Waals surface area contributed by atoms with Crippen molar-refractivity contribution < 1.29 is 8.78 Å². The summed E-state index contributed by atoms with van der Waals surface area (Å²) in [6, 6.07) is 8.88. The minimum absolute atomic E-state index is 0.125. The predicted molar refractivity (Wildman–Crippen MR) is 81.0 cm³/mol. The molecule has 0 heterocycles. The molecule has 20 heavy (non-hydrogen) atoms. The third kappa shape index (κ3) is 3.57. The van der Waals surface area contributed by atoms with Crippen LogP contribution in [0.4, 0.5) is 8.78 Å². The molecule has 106 valence electrons. The summed E-state index contributed by atoms with van der Waals surface area (Å²) in [6.07, 6.45) is 0.355. The molecule has 1 N–H and O–H groups in total. The van der Waals surface area contributed by atoms with E-state index in [4.69, 9.17) is 11.6 Å². The molecule has 0 radical (unpaired) electrons. The highest BCUT2D eigenvalue weighted by atomic mass is 79.9. The summed E-state index contributed by atoms with van der Waals surface area (Å²) in [5, 5.41) is 3.72. The van der Waals surface area contributed by atoms with Crippen molar-refractivity contribution in [2.45, 2.75) is 12.5 Å². The summed E-state index contributed by atoms with van der Waals surface area (Å²) < 4.78 is 27.7. The number of hydrogen-bond donors (Lipinski definition) is 1. The molecule has 0 spiro atoms. The van der Waals surface area contributed by atoms with E-state index in [0.717, 1.165) is 22.2 Å². The van der Waals surface area contributed by atoms with Crippen LogP contribution in [0.15, 0.2) is 40.9 Å². The highest BCUT2D eigenvalue weighted by molar-refractivity contribution is 9.10. The SMILES string of the molecule is CNC(Cc1cc(F)ccc1F)c1ccc(Cl)c(Br)c1. The van der Waals surface area contributed by atoms with Crippen molar-refractivity contribution in [2.24, 2.45) is 0 Å². The zero-order chi connectivity index (χ0) is 14.7. The van der Waals surface area contributed by atoms with Crippen molar-refractivity contribution in [2.75, 3.05) is 7.05 Å². The Morgan fingerprint density at radius 2 is 1.95 bits per heavy atom. The number of nitrogens with one attached hydrogen (secondary N) is 1. The Balaban J connectivity index is 2.28. The fraction of sp³-hybridized carbons (Fsp3) is 0.200. The van der Waals surface area contributed by atoms with Crippen LogP contribution in [-0.4, -0.2) is 7.05 Å². The second-order valence-corrected chi connectivity index (χ2v) is 5.72. The van der Waals surface area contributed by atoms with Crippen molar-refractivity contribution in [3.05, 3.63) is 68.7 Å². The Morgan fingerprint density at radius 1 is 1.20 bits per heavy atom. The van der Waals surface area contributed by atoms with E-state index in [1.54, 1.807) is 13.1 Å². The molecule has 0 aliphatic rings. The van der Waals surface area contributed by atoms with Gasteiger partial charge in [0.25, 0.3) is 0 Å². The molecule has 0 saturated heterocycles. The molecule has 1 unspecified atom stereocenters. The van der Waals surface area contributed by atoms with Crippen LogP contribution in [0.3, 0.4) is 0 Å². The summed E-state index contributed by atoms with van der Waals surface area (Å²) in [6.45, 7) is 0. The smallest absolute Gasteiger partial charge is 0.126 e. The molecule has 0 aromatic heterocycles. The molecule has 0 amide bonds. The molecule has 0 aliphatic carbocycles. The average molecular weight is 361 g/mol. The largest absolute Gasteiger partial charge is 0.313 e. The van der Waals surface area contributed by atoms with Gasteiger partial charge in [-0.3, -0.25) is 0 Å². The molecule has 1 nitrogen and oxygen atoms in total. The van der Waals surface area contributed by atoms with Gasteiger partial charge in [-0.1, -0.05) is 17.7 Å². The lowest BCUT2D eigenvalue weighted by molar-refractivity contribution is 0.544. The first-order valence-electron chi connectivity index (χ1n) is 6.07. The van der Waals surface area contributed by atoms with Gasteiger partial charge in [-0.05, 0) is 70.9 Å². The third-order valence-corrected chi connectivity index (χ3v) is 4.34. The van der Waals surface area contributed by atoms with E-state index in [9.17, 15) is 8.78 Å². The maximum Gasteiger partial charge on any atom is 0.126 e. The molecule has 0 saturated carbocycles. The van der Waals surface area contributed by atoms with E-state index >= 15 is 0 Å². The van der Waals surface area contributed by atoms with Crippen molar-refractivity contribution in [1.82, 2.24) is 5.32 Å². The molecule has 0 bridgehead atoms. The van der Waals surface area contributed by atoms with E-state index in [1.165, 1.54) is 6.07 Å². The van der Waals surface area contributed by atoms with Crippen LogP contribution in [0.1, 0.15) is 17.2 Å². The van der Waals surface area contributed by atoms with Crippen LogP contribution in [-0.2, 0) is 6.42 Å². The highest BCUT2D eigenvalue weighted by Crippen LogP contribution is 2.28. The Kier molecular flexibility index (Phi) is 5.13. The summed E-state index contributed by atoms with van der Waals surface area (Å²) in [5.41, 5.74) is 1.29. The first-order chi connectivity index (χ1) is 9.51. The Morgan fingerprint density at radius 3 is 2.60 bits per heavy atom. The number of rotatable bonds is 4. The molecular weight excluding hydrogens is 348 g/mol. The van der Waals surface area contributed by atoms with E-state index in [1.807, 2.05) is 12.1 Å². The topological polar surface area (TPSA) is 12.0 Å². The summed E-state index contributed by atoms with van der Waals surface area (Å²) in [4.78, 5) is 0. The van der Waals surface area contributed by atoms with Gasteiger partial charge >= 0.3 is 0 Å². The normalized spacial score (nSPS) is 12.4. The molecule has 2 aromatic rings. The fourth-order valence-corrected chi connectivity index (χ4v) is 2.55. The van der Waals surface area contributed by atoms with Crippen molar-refractivity contribution in [3.8, 4) is 0 Å². The quantitative estimate of drug-likeness (QED) is 0.819. The summed E-state index contributed by atoms with van der Waals surface area (Å²) in [5.74, 6) is -0.840. The molecule has 1 atom stereocenters. The van der Waals surface area contributed by atoms with Gasteiger partial charge in [-0.25, -0.2) is 8.78 Å². The fourth-order valence-electron chi connectivity index (χ4n) is 2.04. The van der Waals surface area contributed by atoms with Crippen LogP contribution in [0.5, 0.6) is 0 Å². The maximum atomic E-state index is 13.7. The molecule has 2 rings (SSSR count). The Bertz CT molecular complexity index is 619. The summed E-state index contributed by atoms with van der Waals surface area (Å²) >= 11 is 9.32. The first-order valence-corrected chi connectivity index (χ1v) is 7.24. The van der Waals surface area contributed by atoms with Crippen LogP contribution in [0.25, 0.3) is 0 Å². The van der Waals surface area contributed by atoms with Crippen molar-refractivity contribution in [3.63, 3.8) is 0 Å². The van der Waals surface area contributed by atoms with Gasteiger partial charge in [-0.2, -0.15) is 0 Å². The van der Waals surface area contributed by atoms with Crippen LogP contribution < -0.4 is 5.32 Å². The van der Waals surface area contributed by atoms with Gasteiger partial charge in [0.2, 0.25) is 0 Å². The lowest BCUT2D eigenvalue weighted by Crippen LogP contribution is -2.19. The van der Waals surface area contributed by atoms with Gasteiger partial charge in [0.1, 0.15) is 11.6 Å². The average Bonchev–Trinajstić information content (AvgIpc) is 2.43. The van der Waals surface area contributed by atoms with Crippen LogP contribution in [0.2, 0.25) is 5.02 Å². The van der Waals surface area contributed by atoms with Gasteiger partial charge in [0, 0.05) is 10.5 Å². The molecule has 0 fully saturated rings. The number of hydrogen-bond acceptors (Lipinski definition) is 1. The lowest BCUT2D eigenvalue weighted by Gasteiger charge is -2.18. The zero-order valence-corrected chi connectivity index (χ0v) is 13.1. The number of benzene rings is 2. The predicted octanol–water partition coefficient (Wildman–Crippen LogP) is 4.88. The number of likely N-dealkylation sites (N-methyl/N-ethyl adjacent to an activating group) is 1. The van der Waals surface area contributed by atoms with Gasteiger partial charge in [0.05, 0.1) is 5.02 Å². The van der Waals surface area contributed by atoms with Crippen LogP contribution >= 0.6 is 27.5 Å². The monoisotopic (exact) mass is 359 g/mol. The molecular formula is C15H13BrClF2N. The third-order valence-electron chi connectivity index (χ3n) is 3.13. The maximum absolute atomic E-state index is 13.7. The van der Waals surface area contributed by atoms with E-state index in [2.05, 4.69) is 21.2 Å². The van der Waals surface area contributed by atoms with E-state index < -0.39 is 11.6 Å². The van der Waals surface area contributed by atoms with Gasteiger partial charge < -0.3 is 5.32 Å². The minimum Gasteiger partial charge on any atom is -0.313 e. The second kappa shape index (κ2) is 6.66. The zero-order valence-electron chi connectivity index (χ0n) is 10.8. The highest BCUT2D eigenvalue weighted by Gasteiger charge is 2.14. The number of halogens is 4. The molecule has 5 heteroatoms. The van der Waals surface area contributed by atoms with Gasteiger partial charge in [-0.15, -0.1) is 0 Å². The van der Waals surface area contributed by atoms with Crippen molar-refractivity contribution >= 4 is 27.5 Å². The van der Waals surface area contributed by atoms with Crippen LogP contribution in [0, 0.1) is 11.6 Å². The van der Waals surface area contributed by atoms with Gasteiger partial charge in [0.15, 0.2) is 0 Å². The Labute approximate surface area is 130 Å². The van der Waals surface area contributed by atoms with E-state index in [-0.39, 0.29) is 6.04 Å². The standard InChI is InChI=1S/C15H13BrClF2N/c1-20-15(9-2-4-13(17)12(16)7-9)8-10-6-11(18)3-5-14(10)19/h2-7,15,20H,8H2,1H3. The second-order valence-electron chi connectivity index (χ2n) is 4.45. The molecule has 0 aliphatic heterocycles.